The molecule has 5 aliphatic heterocycles. The Bertz CT molecular complexity index is 6390. The van der Waals surface area contributed by atoms with E-state index >= 15 is 0 Å². The molecule has 0 aliphatic carbocycles. The highest BCUT2D eigenvalue weighted by Crippen LogP contribution is 2.58. The first kappa shape index (κ1) is 106. The zero-order valence-corrected chi connectivity index (χ0v) is 88.5. The molecule has 2 unspecified atom stereocenters. The van der Waals surface area contributed by atoms with Gasteiger partial charge in [-0.3, -0.25) is 71.5 Å². The van der Waals surface area contributed by atoms with Crippen molar-refractivity contribution in [2.75, 3.05) is 81.1 Å². The van der Waals surface area contributed by atoms with Crippen molar-refractivity contribution in [3.63, 3.8) is 0 Å². The number of nitrogen functional groups attached to an aromatic ring is 5. The third-order valence-electron chi connectivity index (χ3n) is 21.6. The summed E-state index contributed by atoms with van der Waals surface area (Å²) < 4.78 is 86.4. The minimum absolute atomic E-state index is 0.0144. The molecule has 5 saturated heterocycles. The number of halogens is 10. The minimum atomic E-state index is -3.84. The SMILES string of the molecule is CC(=O)[C@H](C)CP(=O)(OC[C@H]1O[C@@H](n2ccc3c(=O)[nH]c(N)nc32)C(Br)(Br)[C@H]1O)Oc1ccccc1.CC(=O)[C@H](C)CP(=O)(OC[C@H]1O[C@@H](n2cnc3c(=O)[nH]c(N)nc32)C(Br)(Br)[C@H]1O)Oc1ccccc1.COc1nc(N)nc2c1ncn2[C@@H]1O[C@H](CO)[C@H](O)C1(Br)Br.Nc1nc2c(ccn2[C@@H]2O[C@H](CO)[C@H](O)C2(Br)Br)c(=O)[nH]1.Nc1nc2c(ncn2[C@@H]2O[C@H](CO)[C@H](O)C2(Br)Br)c(=O)[nH]1. The van der Waals surface area contributed by atoms with E-state index < -0.39 is 152 Å². The number of H-pyrrole nitrogens is 4. The number of imidazole rings is 3. The summed E-state index contributed by atoms with van der Waals surface area (Å²) in [6.45, 7) is 4.42. The number of benzene rings is 2. The second-order valence-corrected chi connectivity index (χ2v) is 53.6. The summed E-state index contributed by atoms with van der Waals surface area (Å²) in [5.74, 6) is -0.821. The number of para-hydroxylation sites is 2. The molecule has 19 atom stereocenters. The lowest BCUT2D eigenvalue weighted by molar-refractivity contribution is -0.120. The molecule has 0 bridgehead atoms. The van der Waals surface area contributed by atoms with Crippen molar-refractivity contribution < 1.29 is 106 Å². The molecular formula is C75H85Br10N23O26P2. The number of nitrogens with zero attached hydrogens (tertiary/aromatic N) is 14. The Morgan fingerprint density at radius 3 is 1.02 bits per heavy atom. The van der Waals surface area contributed by atoms with Crippen molar-refractivity contribution in [2.24, 2.45) is 11.8 Å². The van der Waals surface area contributed by atoms with Gasteiger partial charge in [0.05, 0.1) is 82.2 Å². The van der Waals surface area contributed by atoms with Crippen LogP contribution in [0, 0.1) is 11.8 Å². The van der Waals surface area contributed by atoms with E-state index in [0.717, 1.165) is 0 Å². The summed E-state index contributed by atoms with van der Waals surface area (Å²) in [6.07, 6.45) is -6.71. The van der Waals surface area contributed by atoms with Crippen molar-refractivity contribution in [1.82, 2.24) is 87.6 Å². The zero-order valence-electron chi connectivity index (χ0n) is 70.8. The van der Waals surface area contributed by atoms with Crippen LogP contribution in [-0.2, 0) is 51.5 Å². The van der Waals surface area contributed by atoms with E-state index in [1.165, 1.54) is 49.1 Å². The van der Waals surface area contributed by atoms with Gasteiger partial charge in [-0.1, -0.05) is 210 Å². The van der Waals surface area contributed by atoms with E-state index in [0.29, 0.717) is 33.7 Å². The van der Waals surface area contributed by atoms with Crippen LogP contribution in [0.1, 0.15) is 58.8 Å². The summed E-state index contributed by atoms with van der Waals surface area (Å²) >= 11 is 34.0. The highest BCUT2D eigenvalue weighted by Gasteiger charge is 2.60. The van der Waals surface area contributed by atoms with Crippen LogP contribution in [0.4, 0.5) is 29.7 Å². The largest absolute Gasteiger partial charge is 0.479 e. The number of aromatic nitrogens is 18. The van der Waals surface area contributed by atoms with Crippen LogP contribution in [0.5, 0.6) is 17.4 Å². The normalized spacial score (nSPS) is 25.8. The summed E-state index contributed by atoms with van der Waals surface area (Å²) in [4.78, 5) is 118. The predicted octanol–water partition coefficient (Wildman–Crippen LogP) is 6.16. The number of ketones is 2. The number of ether oxygens (including phenoxy) is 6. The maximum atomic E-state index is 13.7. The van der Waals surface area contributed by atoms with Crippen molar-refractivity contribution in [1.29, 1.82) is 0 Å². The van der Waals surface area contributed by atoms with E-state index in [2.05, 4.69) is 224 Å². The Kier molecular flexibility index (Phi) is 33.3. The Labute approximate surface area is 849 Å². The number of Topliss-reactive ketones (excluding diaryl/α,β-unsaturated/α-hetero) is 2. The van der Waals surface area contributed by atoms with Crippen LogP contribution < -0.4 is 64.7 Å². The fourth-order valence-corrected chi connectivity index (χ4v) is 24.5. The lowest BCUT2D eigenvalue weighted by Gasteiger charge is -2.25. The number of carbonyl (C=O) groups excluding carboxylic acids is 2. The van der Waals surface area contributed by atoms with Gasteiger partial charge >= 0.3 is 15.2 Å². The molecular weight excluding hydrogens is 2500 g/mol. The van der Waals surface area contributed by atoms with Gasteiger partial charge in [0.15, 0.2) is 92.1 Å². The number of nitrogens with one attached hydrogen (secondary N) is 4. The number of alkyl halides is 10. The fraction of sp³-hybridized carbons (Fsp3) is 0.453. The molecule has 2 aromatic carbocycles. The highest BCUT2D eigenvalue weighted by molar-refractivity contribution is 9.26. The van der Waals surface area contributed by atoms with Gasteiger partial charge in [-0.25, -0.2) is 24.1 Å². The van der Waals surface area contributed by atoms with Crippen LogP contribution in [-0.4, -0.2) is 270 Å². The van der Waals surface area contributed by atoms with Gasteiger partial charge in [0.1, 0.15) is 84.1 Å². The summed E-state index contributed by atoms with van der Waals surface area (Å²) in [7, 11) is -6.21. The molecule has 17 rings (SSSR count). The summed E-state index contributed by atoms with van der Waals surface area (Å²) in [6, 6.07) is 20.1. The van der Waals surface area contributed by atoms with Crippen LogP contribution >= 0.6 is 174 Å². The summed E-state index contributed by atoms with van der Waals surface area (Å²) in [5, 5.41) is 81.0. The zero-order chi connectivity index (χ0) is 99.3. The number of aliphatic hydroxyl groups is 8. The monoisotopic (exact) mass is 2570 g/mol. The molecule has 0 radical (unpaired) electrons. The van der Waals surface area contributed by atoms with Gasteiger partial charge in [0.2, 0.25) is 35.6 Å². The maximum absolute atomic E-state index is 13.7. The number of rotatable bonds is 25. The number of carbonyl (C=O) groups is 2. The number of nitrogens with two attached hydrogens (primary N) is 5. The number of hydrogen-bond acceptors (Lipinski definition) is 40. The van der Waals surface area contributed by atoms with Crippen LogP contribution in [0.2, 0.25) is 0 Å². The van der Waals surface area contributed by atoms with Crippen LogP contribution in [0.25, 0.3) is 55.6 Å². The van der Waals surface area contributed by atoms with Crippen molar-refractivity contribution in [2.45, 2.75) is 136 Å². The second-order valence-electron chi connectivity index (χ2n) is 31.1. The molecule has 736 valence electrons. The quantitative estimate of drug-likeness (QED) is 0.0225. The number of anilines is 5. The van der Waals surface area contributed by atoms with E-state index in [1.54, 1.807) is 113 Å². The van der Waals surface area contributed by atoms with Crippen LogP contribution in [0.15, 0.2) is 123 Å². The number of methoxy groups -OCH3 is 1. The van der Waals surface area contributed by atoms with Crippen molar-refractivity contribution in [3.8, 4) is 17.4 Å². The lowest BCUT2D eigenvalue weighted by atomic mass is 10.1. The molecule has 5 fully saturated rings. The van der Waals surface area contributed by atoms with Crippen molar-refractivity contribution >= 4 is 271 Å². The average Bonchev–Trinajstić information content (AvgIpc) is 1.62. The second kappa shape index (κ2) is 42.6. The first-order valence-electron chi connectivity index (χ1n) is 40.0. The molecule has 12 aromatic rings. The van der Waals surface area contributed by atoms with E-state index in [9.17, 15) is 78.7 Å². The Balaban J connectivity index is 0.000000147. The molecule has 0 amide bonds. The Hall–Kier alpha value is -7.07. The smallest absolute Gasteiger partial charge is 0.379 e. The van der Waals surface area contributed by atoms with Gasteiger partial charge in [0, 0.05) is 24.2 Å². The molecule has 0 saturated carbocycles. The molecule has 0 spiro atoms. The Morgan fingerprint density at radius 2 is 0.713 bits per heavy atom. The van der Waals surface area contributed by atoms with Gasteiger partial charge in [-0.05, 0) is 50.2 Å². The van der Waals surface area contributed by atoms with Gasteiger partial charge in [-0.15, -0.1) is 0 Å². The van der Waals surface area contributed by atoms with Gasteiger partial charge in [0.25, 0.3) is 22.2 Å². The predicted molar refractivity (Wildman–Crippen MR) is 525 cm³/mol. The maximum Gasteiger partial charge on any atom is 0.379 e. The van der Waals surface area contributed by atoms with Crippen molar-refractivity contribution in [3.05, 3.63) is 146 Å². The van der Waals surface area contributed by atoms with E-state index in [-0.39, 0.29) is 131 Å². The number of hydrogen-bond donors (Lipinski definition) is 17. The Morgan fingerprint density at radius 1 is 0.426 bits per heavy atom. The number of aliphatic hydroxyl groups excluding tert-OH is 8. The summed E-state index contributed by atoms with van der Waals surface area (Å²) in [5.41, 5.74) is 28.3. The average molecular weight is 2590 g/mol. The minimum Gasteiger partial charge on any atom is -0.479 e. The van der Waals surface area contributed by atoms with Gasteiger partial charge < -0.3 is 116 Å². The first-order chi connectivity index (χ1) is 63.9. The molecule has 136 heavy (non-hydrogen) atoms. The lowest BCUT2D eigenvalue weighted by Crippen LogP contribution is -2.37. The van der Waals surface area contributed by atoms with Gasteiger partial charge in [-0.2, -0.15) is 29.9 Å². The number of fused-ring (bicyclic) bond motifs is 5. The number of aromatic amines is 4. The molecule has 10 aromatic heterocycles. The molecule has 61 heteroatoms. The standard InChI is InChI=1S/C22H25Br2N4O7P.C21H24Br2N5O7P.C11H13Br2N5O4.C11H12Br2N4O4.C10H11Br2N5O4/c1-12(13(2)29)11-36(32,35-14-6-4-3-5-7-14)33-10-16-17(30)22(23,24)20(34-16)28-9-8-15-18(28)26-21(25)27-19(15)31;1-11(12(2)29)9-36(32,35-13-6-4-3-5-7-13)33-8-14-16(30)21(22,23)19(34-14)28-10-25-15-17(28)26-20(24)27-18(15)31;1-21-8-5-7(16-10(14)17-8)18(3-15-5)9-11(12,13)6(20)4(2-19)22-9;12-11(13)6(19)5(3-18)21-9(11)17-2-1-4-7(17)15-10(14)16-8(4)20;11-10(12)5(19)3(1-18)21-8(10)17-2-14-4-6(17)15-9(13)16-7(4)20/h3-9,12,16-17,20,30H,10-11H2,1-2H3,(H3,25,26,27,31);3-7,10-11,14,16,19,30H,8-9H2,1-2H3,(H3,24,26,27,31);3-4,6,9,19-20H,2H2,1H3,(H2,14,16,17);1-2,5-6,9,18-19H,3H2,(H3,14,15,16,20);2-3,5,8,18-19H,1H2,(H3,13,15,16,20)/t12-,16-,17+,20-,36?;11-,14-,16+,19-,36?;4-,6+,9-;5-,6+,9-;3-,5+,8-/m11111/s1. The molecule has 5 aliphatic rings. The van der Waals surface area contributed by atoms with Crippen LogP contribution in [0.3, 0.4) is 0 Å². The molecule has 22 N–H and O–H groups in total. The molecule has 49 nitrogen and oxygen atoms in total. The first-order valence-corrected chi connectivity index (χ1v) is 51.4. The van der Waals surface area contributed by atoms with E-state index in [4.69, 9.17) is 75.2 Å². The highest BCUT2D eigenvalue weighted by atomic mass is 79.9. The van der Waals surface area contributed by atoms with E-state index in [1.807, 2.05) is 0 Å². The third kappa shape index (κ3) is 22.1. The topological polar surface area (TPSA) is 725 Å². The fourth-order valence-electron chi connectivity index (χ4n) is 14.3. The third-order valence-corrected chi connectivity index (χ3v) is 34.3. The molecule has 15 heterocycles.